The molecule has 3 aliphatic rings. The molecule has 0 aromatic heterocycles. The Balaban J connectivity index is 1.60. The number of nitrogens with zero attached hydrogens (tertiary/aromatic N) is 1. The minimum absolute atomic E-state index is 0.460. The second-order valence-corrected chi connectivity index (χ2v) is 5.17. The van der Waals surface area contributed by atoms with Crippen molar-refractivity contribution in [3.63, 3.8) is 0 Å². The molecule has 0 aromatic rings. The molecular weight excluding hydrogens is 174 g/mol. The minimum atomic E-state index is 0.460. The van der Waals surface area contributed by atoms with Gasteiger partial charge >= 0.3 is 0 Å². The first kappa shape index (κ1) is 8.75. The Kier molecular flexibility index (Phi) is 2.03. The molecule has 3 fully saturated rings. The number of hydrogen-bond acceptors (Lipinski definition) is 1. The van der Waals surface area contributed by atoms with Gasteiger partial charge in [0.15, 0.2) is 0 Å². The Bertz CT molecular complexity index is 231. The Morgan fingerprint density at radius 2 is 1.57 bits per heavy atom. The van der Waals surface area contributed by atoms with Gasteiger partial charge < -0.3 is 4.90 Å². The molecule has 1 aliphatic heterocycles. The van der Waals surface area contributed by atoms with Crippen LogP contribution in [0, 0.1) is 17.8 Å². The molecule has 0 N–H and O–H groups in total. The second-order valence-electron chi connectivity index (χ2n) is 5.17. The number of piperidine rings is 1. The fourth-order valence-electron chi connectivity index (χ4n) is 3.51. The topological polar surface area (TPSA) is 20.3 Å². The van der Waals surface area contributed by atoms with Gasteiger partial charge in [0.25, 0.3) is 0 Å². The van der Waals surface area contributed by atoms with E-state index in [2.05, 4.69) is 4.90 Å². The first-order valence-electron chi connectivity index (χ1n) is 6.17. The quantitative estimate of drug-likeness (QED) is 0.624. The van der Waals surface area contributed by atoms with Gasteiger partial charge in [0.1, 0.15) is 0 Å². The third kappa shape index (κ3) is 1.27. The van der Waals surface area contributed by atoms with Crippen LogP contribution < -0.4 is 0 Å². The molecule has 2 nitrogen and oxygen atoms in total. The van der Waals surface area contributed by atoms with E-state index in [1.54, 1.807) is 0 Å². The van der Waals surface area contributed by atoms with Crippen LogP contribution in [0.5, 0.6) is 0 Å². The Morgan fingerprint density at radius 1 is 0.929 bits per heavy atom. The first-order valence-corrected chi connectivity index (χ1v) is 6.17. The summed E-state index contributed by atoms with van der Waals surface area (Å²) >= 11 is 0. The third-order valence-corrected chi connectivity index (χ3v) is 4.36. The maximum absolute atomic E-state index is 12.1. The van der Waals surface area contributed by atoms with E-state index in [4.69, 9.17) is 0 Å². The fraction of sp³-hybridized carbons (Fsp3) is 0.917. The number of hydrogen-bond donors (Lipinski definition) is 0. The Labute approximate surface area is 85.7 Å². The van der Waals surface area contributed by atoms with Crippen LogP contribution in [0.4, 0.5) is 0 Å². The van der Waals surface area contributed by atoms with Crippen molar-refractivity contribution >= 4 is 5.91 Å². The number of likely N-dealkylation sites (tertiary alicyclic amines) is 1. The molecule has 0 aromatic carbocycles. The second kappa shape index (κ2) is 3.25. The molecule has 1 amide bonds. The molecule has 14 heavy (non-hydrogen) atoms. The lowest BCUT2D eigenvalue weighted by Gasteiger charge is -2.27. The maximum atomic E-state index is 12.1. The highest BCUT2D eigenvalue weighted by Gasteiger charge is 2.57. The average Bonchev–Trinajstić information content (AvgIpc) is 2.72. The number of carbonyl (C=O) groups excluding carboxylic acids is 1. The molecule has 78 valence electrons. The van der Waals surface area contributed by atoms with Crippen LogP contribution >= 0.6 is 0 Å². The number of rotatable bonds is 1. The van der Waals surface area contributed by atoms with Gasteiger partial charge in [0, 0.05) is 19.0 Å². The molecular formula is C12H19NO. The highest BCUT2D eigenvalue weighted by Crippen LogP contribution is 2.58. The van der Waals surface area contributed by atoms with Crippen LogP contribution in [0.15, 0.2) is 0 Å². The summed E-state index contributed by atoms with van der Waals surface area (Å²) in [6, 6.07) is 0. The van der Waals surface area contributed by atoms with E-state index in [0.29, 0.717) is 11.8 Å². The minimum Gasteiger partial charge on any atom is -0.342 e. The molecule has 0 bridgehead atoms. The van der Waals surface area contributed by atoms with Gasteiger partial charge in [-0.25, -0.2) is 0 Å². The van der Waals surface area contributed by atoms with Crippen molar-refractivity contribution < 1.29 is 4.79 Å². The largest absolute Gasteiger partial charge is 0.342 e. The van der Waals surface area contributed by atoms with E-state index < -0.39 is 0 Å². The van der Waals surface area contributed by atoms with Crippen LogP contribution in [0.3, 0.4) is 0 Å². The normalized spacial score (nSPS) is 40.9. The molecule has 2 aliphatic carbocycles. The van der Waals surface area contributed by atoms with Gasteiger partial charge in [-0.1, -0.05) is 6.42 Å². The zero-order chi connectivity index (χ0) is 9.54. The third-order valence-electron chi connectivity index (χ3n) is 4.36. The molecule has 2 atom stereocenters. The zero-order valence-electron chi connectivity index (χ0n) is 8.74. The summed E-state index contributed by atoms with van der Waals surface area (Å²) in [5.74, 6) is 2.55. The molecule has 1 saturated heterocycles. The smallest absolute Gasteiger partial charge is 0.226 e. The summed E-state index contributed by atoms with van der Waals surface area (Å²) in [5.41, 5.74) is 0. The van der Waals surface area contributed by atoms with Crippen LogP contribution in [0.25, 0.3) is 0 Å². The monoisotopic (exact) mass is 193 g/mol. The van der Waals surface area contributed by atoms with Crippen LogP contribution in [0.1, 0.15) is 38.5 Å². The summed E-state index contributed by atoms with van der Waals surface area (Å²) < 4.78 is 0. The summed E-state index contributed by atoms with van der Waals surface area (Å²) in [4.78, 5) is 14.2. The van der Waals surface area contributed by atoms with E-state index in [1.165, 1.54) is 38.5 Å². The van der Waals surface area contributed by atoms with E-state index in [-0.39, 0.29) is 0 Å². The lowest BCUT2D eigenvalue weighted by Crippen LogP contribution is -2.37. The Hall–Kier alpha value is -0.530. The van der Waals surface area contributed by atoms with Crippen molar-refractivity contribution in [2.75, 3.05) is 13.1 Å². The van der Waals surface area contributed by atoms with Crippen LogP contribution in [-0.2, 0) is 4.79 Å². The number of fused-ring (bicyclic) bond motifs is 1. The lowest BCUT2D eigenvalue weighted by atomic mass is 10.1. The number of amides is 1. The lowest BCUT2D eigenvalue weighted by molar-refractivity contribution is -0.134. The first-order chi connectivity index (χ1) is 6.88. The highest BCUT2D eigenvalue weighted by molar-refractivity contribution is 5.82. The number of carbonyl (C=O) groups is 1. The molecule has 1 heterocycles. The van der Waals surface area contributed by atoms with E-state index in [1.807, 2.05) is 0 Å². The van der Waals surface area contributed by atoms with Crippen molar-refractivity contribution in [3.8, 4) is 0 Å². The Morgan fingerprint density at radius 3 is 2.21 bits per heavy atom. The standard InChI is InChI=1S/C12H19NO/c14-12(13-7-2-1-3-8-13)11-9-5-4-6-10(9)11/h9-11H,1-8H2/t9-,10-/m0/s1. The van der Waals surface area contributed by atoms with Gasteiger partial charge in [-0.15, -0.1) is 0 Å². The zero-order valence-corrected chi connectivity index (χ0v) is 8.74. The molecule has 0 radical (unpaired) electrons. The van der Waals surface area contributed by atoms with Gasteiger partial charge in [0.05, 0.1) is 0 Å². The summed E-state index contributed by atoms with van der Waals surface area (Å²) in [5, 5.41) is 0. The van der Waals surface area contributed by atoms with Gasteiger partial charge in [-0.05, 0) is 43.9 Å². The van der Waals surface area contributed by atoms with Crippen LogP contribution in [-0.4, -0.2) is 23.9 Å². The van der Waals surface area contributed by atoms with E-state index >= 15 is 0 Å². The SMILES string of the molecule is O=C(C1[C@H]2CCC[C@H]12)N1CCCCC1. The molecule has 2 heteroatoms. The van der Waals surface area contributed by atoms with Gasteiger partial charge in [-0.2, -0.15) is 0 Å². The van der Waals surface area contributed by atoms with E-state index in [9.17, 15) is 4.79 Å². The van der Waals surface area contributed by atoms with Crippen molar-refractivity contribution in [1.29, 1.82) is 0 Å². The van der Waals surface area contributed by atoms with Crippen molar-refractivity contribution in [1.82, 2.24) is 4.90 Å². The predicted molar refractivity (Wildman–Crippen MR) is 54.8 cm³/mol. The summed E-state index contributed by atoms with van der Waals surface area (Å²) in [6.07, 6.45) is 7.81. The molecule has 3 rings (SSSR count). The summed E-state index contributed by atoms with van der Waals surface area (Å²) in [7, 11) is 0. The van der Waals surface area contributed by atoms with Gasteiger partial charge in [-0.3, -0.25) is 4.79 Å². The molecule has 2 saturated carbocycles. The summed E-state index contributed by atoms with van der Waals surface area (Å²) in [6.45, 7) is 2.07. The van der Waals surface area contributed by atoms with Crippen molar-refractivity contribution in [2.24, 2.45) is 17.8 Å². The van der Waals surface area contributed by atoms with E-state index in [0.717, 1.165) is 24.9 Å². The fourth-order valence-corrected chi connectivity index (χ4v) is 3.51. The molecule has 0 unspecified atom stereocenters. The predicted octanol–water partition coefficient (Wildman–Crippen LogP) is 2.04. The van der Waals surface area contributed by atoms with Crippen LogP contribution in [0.2, 0.25) is 0 Å². The maximum Gasteiger partial charge on any atom is 0.226 e. The van der Waals surface area contributed by atoms with Gasteiger partial charge in [0.2, 0.25) is 5.91 Å². The highest BCUT2D eigenvalue weighted by atomic mass is 16.2. The van der Waals surface area contributed by atoms with Crippen molar-refractivity contribution in [2.45, 2.75) is 38.5 Å². The molecule has 0 spiro atoms. The van der Waals surface area contributed by atoms with Crippen molar-refractivity contribution in [3.05, 3.63) is 0 Å². The average molecular weight is 193 g/mol.